The van der Waals surface area contributed by atoms with E-state index in [1.54, 1.807) is 13.8 Å². The van der Waals surface area contributed by atoms with Gasteiger partial charge in [-0.2, -0.15) is 0 Å². The Bertz CT molecular complexity index is 569. The summed E-state index contributed by atoms with van der Waals surface area (Å²) in [6.07, 6.45) is 1.05. The van der Waals surface area contributed by atoms with E-state index in [0.717, 1.165) is 0 Å². The topological polar surface area (TPSA) is 72.2 Å². The summed E-state index contributed by atoms with van der Waals surface area (Å²) in [5.41, 5.74) is 5.18. The molecule has 0 saturated heterocycles. The average molecular weight is 347 g/mol. The molecule has 1 aromatic carbocycles. The molecule has 0 atom stereocenters. The second-order valence-corrected chi connectivity index (χ2v) is 6.36. The van der Waals surface area contributed by atoms with Gasteiger partial charge in [0.25, 0.3) is 0 Å². The lowest BCUT2D eigenvalue weighted by atomic mass is 9.95. The Labute approximate surface area is 128 Å². The van der Waals surface area contributed by atoms with E-state index in [-0.39, 0.29) is 19.0 Å². The number of halogens is 4. The molecule has 0 fully saturated rings. The van der Waals surface area contributed by atoms with Crippen molar-refractivity contribution in [2.75, 3.05) is 6.54 Å². The summed E-state index contributed by atoms with van der Waals surface area (Å²) in [7, 11) is -4.15. The quantitative estimate of drug-likeness (QED) is 0.776. The van der Waals surface area contributed by atoms with Gasteiger partial charge in [-0.3, -0.25) is 0 Å². The molecule has 0 aromatic heterocycles. The fraction of sp³-hybridized carbons (Fsp3) is 0.500. The molecule has 0 amide bonds. The lowest BCUT2D eigenvalue weighted by molar-refractivity contribution is 0.391. The van der Waals surface area contributed by atoms with Gasteiger partial charge < -0.3 is 5.73 Å². The molecule has 3 N–H and O–H groups in total. The van der Waals surface area contributed by atoms with E-state index in [2.05, 4.69) is 4.72 Å². The minimum atomic E-state index is -4.15. The van der Waals surface area contributed by atoms with E-state index >= 15 is 0 Å². The predicted molar refractivity (Wildman–Crippen MR) is 76.3 cm³/mol. The Morgan fingerprint density at radius 1 is 1.14 bits per heavy atom. The molecule has 4 nitrogen and oxygen atoms in total. The summed E-state index contributed by atoms with van der Waals surface area (Å²) in [5.74, 6) is -4.83. The summed E-state index contributed by atoms with van der Waals surface area (Å²) in [6, 6.07) is 0.855. The molecule has 9 heteroatoms. The van der Waals surface area contributed by atoms with Crippen LogP contribution in [0.25, 0.3) is 0 Å². The van der Waals surface area contributed by atoms with Crippen LogP contribution in [0.1, 0.15) is 26.7 Å². The van der Waals surface area contributed by atoms with E-state index in [1.165, 1.54) is 0 Å². The molecule has 0 radical (unpaired) electrons. The third kappa shape index (κ3) is 4.84. The van der Waals surface area contributed by atoms with Gasteiger partial charge >= 0.3 is 0 Å². The summed E-state index contributed by atoms with van der Waals surface area (Å²) >= 11 is 0. The highest BCUT2D eigenvalue weighted by Gasteiger charge is 2.25. The van der Waals surface area contributed by atoms with Gasteiger partial charge in [-0.25, -0.2) is 26.3 Å². The number of benzene rings is 1. The zero-order chi connectivity index (χ0) is 15.6. The average Bonchev–Trinajstić information content (AvgIpc) is 2.41. The number of nitrogens with one attached hydrogen (secondary N) is 1. The number of hydrogen-bond donors (Lipinski definition) is 2. The van der Waals surface area contributed by atoms with Crippen molar-refractivity contribution in [3.8, 4) is 0 Å². The molecule has 0 bridgehead atoms. The van der Waals surface area contributed by atoms with Crippen LogP contribution >= 0.6 is 12.4 Å². The molecule has 0 saturated carbocycles. The summed E-state index contributed by atoms with van der Waals surface area (Å²) in [6.45, 7) is 3.52. The second kappa shape index (κ2) is 7.44. The summed E-state index contributed by atoms with van der Waals surface area (Å²) in [5, 5.41) is 0. The van der Waals surface area contributed by atoms with Crippen LogP contribution in [-0.2, 0) is 10.0 Å². The fourth-order valence-corrected chi connectivity index (χ4v) is 2.67. The Morgan fingerprint density at radius 2 is 1.57 bits per heavy atom. The van der Waals surface area contributed by atoms with Gasteiger partial charge in [0, 0.05) is 12.1 Å². The molecule has 122 valence electrons. The molecule has 0 aliphatic heterocycles. The van der Waals surface area contributed by atoms with Crippen LogP contribution in [0.2, 0.25) is 0 Å². The highest BCUT2D eigenvalue weighted by molar-refractivity contribution is 7.89. The first kappa shape index (κ1) is 20.2. The summed E-state index contributed by atoms with van der Waals surface area (Å²) in [4.78, 5) is -0.677. The lowest BCUT2D eigenvalue weighted by Crippen LogP contribution is -2.49. The van der Waals surface area contributed by atoms with Crippen LogP contribution in [0, 0.1) is 17.5 Å². The van der Waals surface area contributed by atoms with Gasteiger partial charge in [0.2, 0.25) is 10.0 Å². The smallest absolute Gasteiger partial charge is 0.240 e. The highest BCUT2D eigenvalue weighted by Crippen LogP contribution is 2.18. The minimum Gasteiger partial charge on any atom is -0.324 e. The highest BCUT2D eigenvalue weighted by atomic mass is 35.5. The zero-order valence-corrected chi connectivity index (χ0v) is 13.3. The third-order valence-corrected chi connectivity index (χ3v) is 4.67. The lowest BCUT2D eigenvalue weighted by Gasteiger charge is -2.26. The second-order valence-electron chi connectivity index (χ2n) is 4.59. The first-order valence-electron chi connectivity index (χ1n) is 6.08. The Balaban J connectivity index is 0.00000400. The largest absolute Gasteiger partial charge is 0.324 e. The first-order valence-corrected chi connectivity index (χ1v) is 7.56. The molecule has 0 heterocycles. The monoisotopic (exact) mass is 346 g/mol. The normalized spacial score (nSPS) is 12.1. The van der Waals surface area contributed by atoms with Crippen LogP contribution in [0.3, 0.4) is 0 Å². The number of rotatable bonds is 6. The summed E-state index contributed by atoms with van der Waals surface area (Å²) < 4.78 is 64.9. The maximum absolute atomic E-state index is 13.0. The SMILES string of the molecule is CCC(N)(CC)CNS(=O)(=O)c1cc(F)c(F)c(F)c1.Cl. The molecule has 0 aliphatic rings. The standard InChI is InChI=1S/C12H17F3N2O2S.ClH/c1-3-12(16,4-2)7-17-20(18,19)8-5-9(13)11(15)10(14)6-8;/h5-6,17H,3-4,7,16H2,1-2H3;1H. The molecule has 1 aromatic rings. The van der Waals surface area contributed by atoms with Gasteiger partial charge in [0.1, 0.15) is 0 Å². The van der Waals surface area contributed by atoms with E-state index < -0.39 is 37.9 Å². The van der Waals surface area contributed by atoms with Crippen molar-refractivity contribution < 1.29 is 21.6 Å². The Kier molecular flexibility index (Phi) is 7.14. The zero-order valence-electron chi connectivity index (χ0n) is 11.6. The maximum Gasteiger partial charge on any atom is 0.240 e. The minimum absolute atomic E-state index is 0. The maximum atomic E-state index is 13.0. The fourth-order valence-electron chi connectivity index (χ4n) is 1.51. The predicted octanol–water partition coefficient (Wildman–Crippen LogP) is 2.32. The van der Waals surface area contributed by atoms with E-state index in [1.807, 2.05) is 0 Å². The van der Waals surface area contributed by atoms with Crippen LogP contribution in [0.4, 0.5) is 13.2 Å². The molecule has 21 heavy (non-hydrogen) atoms. The van der Waals surface area contributed by atoms with Crippen molar-refractivity contribution in [1.29, 1.82) is 0 Å². The number of sulfonamides is 1. The number of nitrogens with two attached hydrogens (primary N) is 1. The molecule has 0 unspecified atom stereocenters. The van der Waals surface area contributed by atoms with E-state index in [0.29, 0.717) is 25.0 Å². The van der Waals surface area contributed by atoms with Crippen molar-refractivity contribution in [3.63, 3.8) is 0 Å². The first-order chi connectivity index (χ1) is 9.15. The van der Waals surface area contributed by atoms with Crippen molar-refractivity contribution in [1.82, 2.24) is 4.72 Å². The Morgan fingerprint density at radius 3 is 1.95 bits per heavy atom. The van der Waals surface area contributed by atoms with Gasteiger partial charge in [-0.1, -0.05) is 13.8 Å². The number of hydrogen-bond acceptors (Lipinski definition) is 3. The van der Waals surface area contributed by atoms with Crippen LogP contribution < -0.4 is 10.5 Å². The van der Waals surface area contributed by atoms with Crippen molar-refractivity contribution in [2.45, 2.75) is 37.1 Å². The van der Waals surface area contributed by atoms with Gasteiger partial charge in [-0.05, 0) is 25.0 Å². The van der Waals surface area contributed by atoms with Crippen molar-refractivity contribution >= 4 is 22.4 Å². The third-order valence-electron chi connectivity index (χ3n) is 3.29. The van der Waals surface area contributed by atoms with Gasteiger partial charge in [-0.15, -0.1) is 12.4 Å². The molecular formula is C12H18ClF3N2O2S. The Hall–Kier alpha value is -0.830. The molecule has 0 spiro atoms. The van der Waals surface area contributed by atoms with Crippen LogP contribution in [0.15, 0.2) is 17.0 Å². The van der Waals surface area contributed by atoms with Crippen molar-refractivity contribution in [3.05, 3.63) is 29.6 Å². The van der Waals surface area contributed by atoms with Crippen LogP contribution in [-0.4, -0.2) is 20.5 Å². The van der Waals surface area contributed by atoms with Gasteiger partial charge in [0.05, 0.1) is 4.90 Å². The van der Waals surface area contributed by atoms with Crippen molar-refractivity contribution in [2.24, 2.45) is 5.73 Å². The molecule has 1 rings (SSSR count). The van der Waals surface area contributed by atoms with E-state index in [4.69, 9.17) is 5.73 Å². The molecular weight excluding hydrogens is 329 g/mol. The van der Waals surface area contributed by atoms with Gasteiger partial charge in [0.15, 0.2) is 17.5 Å². The van der Waals surface area contributed by atoms with Crippen LogP contribution in [0.5, 0.6) is 0 Å². The molecule has 0 aliphatic carbocycles. The van der Waals surface area contributed by atoms with E-state index in [9.17, 15) is 21.6 Å².